The number of sulfonamides is 1. The predicted octanol–water partition coefficient (Wildman–Crippen LogP) is 1.48. The van der Waals surface area contributed by atoms with Gasteiger partial charge in [0.15, 0.2) is 0 Å². The fourth-order valence-corrected chi connectivity index (χ4v) is 3.94. The zero-order valence-corrected chi connectivity index (χ0v) is 16.7. The third-order valence-electron chi connectivity index (χ3n) is 4.80. The van der Waals surface area contributed by atoms with Crippen LogP contribution in [0.2, 0.25) is 0 Å². The van der Waals surface area contributed by atoms with Gasteiger partial charge in [-0.1, -0.05) is 6.08 Å². The standard InChI is InChI=1S/C19H26N2O5S/c1-4-27(23,24)20-15-5-6-18(26-16-7-8-25-12-16)17(10-15)14-9-13(2)19(22)21(3)11-14/h5,9-11,16,18,20H,4,6-8,12H2,1-3H3. The topological polar surface area (TPSA) is 86.6 Å². The molecule has 7 nitrogen and oxygen atoms in total. The van der Waals surface area contributed by atoms with Crippen molar-refractivity contribution in [1.82, 2.24) is 9.29 Å². The normalized spacial score (nSPS) is 23.1. The molecule has 0 saturated carbocycles. The highest BCUT2D eigenvalue weighted by Gasteiger charge is 2.27. The van der Waals surface area contributed by atoms with E-state index in [-0.39, 0.29) is 23.5 Å². The van der Waals surface area contributed by atoms with E-state index in [4.69, 9.17) is 9.47 Å². The summed E-state index contributed by atoms with van der Waals surface area (Å²) in [6, 6.07) is 1.83. The minimum atomic E-state index is -3.37. The summed E-state index contributed by atoms with van der Waals surface area (Å²) in [6.45, 7) is 4.62. The zero-order valence-electron chi connectivity index (χ0n) is 15.9. The summed E-state index contributed by atoms with van der Waals surface area (Å²) in [6.07, 6.45) is 6.60. The van der Waals surface area contributed by atoms with Gasteiger partial charge in [-0.15, -0.1) is 0 Å². The Hall–Kier alpha value is -1.90. The minimum absolute atomic E-state index is 0.00576. The number of hydrogen-bond donors (Lipinski definition) is 1. The number of aryl methyl sites for hydroxylation is 2. The lowest BCUT2D eigenvalue weighted by Gasteiger charge is -2.27. The van der Waals surface area contributed by atoms with Gasteiger partial charge < -0.3 is 14.0 Å². The van der Waals surface area contributed by atoms with Crippen LogP contribution in [0.3, 0.4) is 0 Å². The Morgan fingerprint density at radius 1 is 1.41 bits per heavy atom. The first kappa shape index (κ1) is 19.9. The van der Waals surface area contributed by atoms with Gasteiger partial charge in [-0.2, -0.15) is 0 Å². The molecule has 27 heavy (non-hydrogen) atoms. The van der Waals surface area contributed by atoms with Crippen LogP contribution in [0, 0.1) is 6.92 Å². The Labute approximate surface area is 159 Å². The van der Waals surface area contributed by atoms with Gasteiger partial charge in [0.1, 0.15) is 0 Å². The number of pyridine rings is 1. The SMILES string of the molecule is CCS(=O)(=O)NC1=CCC(OC2CCOC2)C(c2cc(C)c(=O)n(C)c2)=C1. The number of nitrogens with zero attached hydrogens (tertiary/aromatic N) is 1. The third kappa shape index (κ3) is 4.69. The van der Waals surface area contributed by atoms with Gasteiger partial charge in [0, 0.05) is 31.1 Å². The first-order valence-electron chi connectivity index (χ1n) is 9.12. The lowest BCUT2D eigenvalue weighted by Crippen LogP contribution is -2.30. The second kappa shape index (κ2) is 8.00. The molecule has 1 aromatic heterocycles. The van der Waals surface area contributed by atoms with Crippen LogP contribution >= 0.6 is 0 Å². The maximum Gasteiger partial charge on any atom is 0.253 e. The predicted molar refractivity (Wildman–Crippen MR) is 104 cm³/mol. The minimum Gasteiger partial charge on any atom is -0.379 e. The molecular formula is C19H26N2O5S. The fraction of sp³-hybridized carbons (Fsp3) is 0.526. The molecule has 1 fully saturated rings. The van der Waals surface area contributed by atoms with E-state index in [2.05, 4.69) is 4.72 Å². The van der Waals surface area contributed by atoms with Gasteiger partial charge >= 0.3 is 0 Å². The Balaban J connectivity index is 1.96. The van der Waals surface area contributed by atoms with Crippen LogP contribution in [0.4, 0.5) is 0 Å². The van der Waals surface area contributed by atoms with E-state index in [1.165, 1.54) is 4.57 Å². The van der Waals surface area contributed by atoms with Crippen LogP contribution in [0.15, 0.2) is 34.9 Å². The van der Waals surface area contributed by atoms with Crippen molar-refractivity contribution < 1.29 is 17.9 Å². The van der Waals surface area contributed by atoms with Gasteiger partial charge in [0.2, 0.25) is 10.0 Å². The molecule has 1 aliphatic heterocycles. The molecule has 0 spiro atoms. The van der Waals surface area contributed by atoms with Crippen LogP contribution in [-0.2, 0) is 26.5 Å². The van der Waals surface area contributed by atoms with Crippen molar-refractivity contribution in [3.8, 4) is 0 Å². The van der Waals surface area contributed by atoms with Gasteiger partial charge in [-0.3, -0.25) is 9.52 Å². The van der Waals surface area contributed by atoms with Gasteiger partial charge in [-0.05, 0) is 50.0 Å². The van der Waals surface area contributed by atoms with Crippen LogP contribution < -0.4 is 10.3 Å². The summed E-state index contributed by atoms with van der Waals surface area (Å²) in [5, 5.41) is 0. The summed E-state index contributed by atoms with van der Waals surface area (Å²) in [5.41, 5.74) is 2.81. The Kier molecular flexibility index (Phi) is 5.88. The number of nitrogens with one attached hydrogen (secondary N) is 1. The first-order valence-corrected chi connectivity index (χ1v) is 10.8. The summed E-state index contributed by atoms with van der Waals surface area (Å²) in [7, 11) is -1.66. The van der Waals surface area contributed by atoms with Crippen molar-refractivity contribution in [3.63, 3.8) is 0 Å². The maximum atomic E-state index is 12.0. The molecule has 0 amide bonds. The van der Waals surface area contributed by atoms with Gasteiger partial charge in [0.25, 0.3) is 5.56 Å². The van der Waals surface area contributed by atoms with Gasteiger partial charge in [0.05, 0.1) is 24.6 Å². The highest BCUT2D eigenvalue weighted by atomic mass is 32.2. The van der Waals surface area contributed by atoms with E-state index in [0.717, 1.165) is 17.6 Å². The van der Waals surface area contributed by atoms with Crippen molar-refractivity contribution in [2.45, 2.75) is 38.9 Å². The number of ether oxygens (including phenoxy) is 2. The maximum absolute atomic E-state index is 12.0. The van der Waals surface area contributed by atoms with E-state index >= 15 is 0 Å². The molecule has 1 aliphatic carbocycles. The van der Waals surface area contributed by atoms with E-state index in [9.17, 15) is 13.2 Å². The van der Waals surface area contributed by atoms with Crippen molar-refractivity contribution in [1.29, 1.82) is 0 Å². The van der Waals surface area contributed by atoms with E-state index in [0.29, 0.717) is 30.9 Å². The van der Waals surface area contributed by atoms with E-state index in [1.54, 1.807) is 33.2 Å². The molecule has 2 atom stereocenters. The molecule has 8 heteroatoms. The van der Waals surface area contributed by atoms with Gasteiger partial charge in [-0.25, -0.2) is 8.42 Å². The van der Waals surface area contributed by atoms with Crippen LogP contribution in [0.25, 0.3) is 5.57 Å². The molecule has 3 rings (SSSR count). The monoisotopic (exact) mass is 394 g/mol. The molecule has 0 bridgehead atoms. The van der Waals surface area contributed by atoms with Crippen LogP contribution in [0.5, 0.6) is 0 Å². The van der Waals surface area contributed by atoms with E-state index < -0.39 is 10.0 Å². The average Bonchev–Trinajstić information content (AvgIpc) is 3.13. The van der Waals surface area contributed by atoms with E-state index in [1.807, 2.05) is 12.1 Å². The van der Waals surface area contributed by atoms with Crippen molar-refractivity contribution in [2.24, 2.45) is 7.05 Å². The van der Waals surface area contributed by atoms with Crippen molar-refractivity contribution in [2.75, 3.05) is 19.0 Å². The molecule has 0 aromatic carbocycles. The Morgan fingerprint density at radius 2 is 2.19 bits per heavy atom. The summed E-state index contributed by atoms with van der Waals surface area (Å²) < 4.78 is 39.7. The quantitative estimate of drug-likeness (QED) is 0.790. The number of allylic oxidation sites excluding steroid dienone is 1. The molecule has 0 radical (unpaired) electrons. The molecule has 2 aliphatic rings. The lowest BCUT2D eigenvalue weighted by molar-refractivity contribution is 0.0132. The highest BCUT2D eigenvalue weighted by molar-refractivity contribution is 7.89. The average molecular weight is 394 g/mol. The zero-order chi connectivity index (χ0) is 19.6. The number of hydrogen-bond acceptors (Lipinski definition) is 5. The Bertz CT molecular complexity index is 898. The largest absolute Gasteiger partial charge is 0.379 e. The number of aromatic nitrogens is 1. The molecule has 1 N–H and O–H groups in total. The molecular weight excluding hydrogens is 368 g/mol. The third-order valence-corrected chi connectivity index (χ3v) is 6.11. The molecule has 148 valence electrons. The van der Waals surface area contributed by atoms with Crippen LogP contribution in [0.1, 0.15) is 30.9 Å². The van der Waals surface area contributed by atoms with Crippen molar-refractivity contribution in [3.05, 3.63) is 51.6 Å². The lowest BCUT2D eigenvalue weighted by atomic mass is 9.93. The number of rotatable bonds is 6. The molecule has 2 heterocycles. The fourth-order valence-electron chi connectivity index (χ4n) is 3.29. The molecule has 1 aromatic rings. The van der Waals surface area contributed by atoms with Crippen LogP contribution in [-0.4, -0.2) is 44.2 Å². The smallest absolute Gasteiger partial charge is 0.253 e. The van der Waals surface area contributed by atoms with Crippen molar-refractivity contribution >= 4 is 15.6 Å². The summed E-state index contributed by atoms with van der Waals surface area (Å²) in [5.74, 6) is 0.00576. The highest BCUT2D eigenvalue weighted by Crippen LogP contribution is 2.30. The summed E-state index contributed by atoms with van der Waals surface area (Å²) in [4.78, 5) is 12.0. The molecule has 1 saturated heterocycles. The second-order valence-electron chi connectivity index (χ2n) is 6.94. The summed E-state index contributed by atoms with van der Waals surface area (Å²) >= 11 is 0. The Morgan fingerprint density at radius 3 is 2.81 bits per heavy atom. The molecule has 2 unspecified atom stereocenters. The second-order valence-corrected chi connectivity index (χ2v) is 8.95. The first-order chi connectivity index (χ1) is 12.8.